The number of hydrogen-bond acceptors (Lipinski definition) is 6. The Morgan fingerprint density at radius 1 is 0.316 bits per heavy atom. The molecule has 0 aliphatic carbocycles. The van der Waals surface area contributed by atoms with E-state index in [2.05, 4.69) is 91.0 Å². The van der Waals surface area contributed by atoms with Crippen molar-refractivity contribution in [2.45, 2.75) is 0 Å². The van der Waals surface area contributed by atoms with Gasteiger partial charge < -0.3 is 8.83 Å². The molecule has 57 heavy (non-hydrogen) atoms. The summed E-state index contributed by atoms with van der Waals surface area (Å²) in [6, 6.07) is 61.0. The van der Waals surface area contributed by atoms with Crippen molar-refractivity contribution in [2.75, 3.05) is 0 Å². The predicted molar refractivity (Wildman–Crippen MR) is 234 cm³/mol. The number of para-hydroxylation sites is 2. The van der Waals surface area contributed by atoms with E-state index in [-0.39, 0.29) is 0 Å². The van der Waals surface area contributed by atoms with Crippen molar-refractivity contribution in [1.29, 1.82) is 0 Å². The normalized spacial score (nSPS) is 11.9. The Kier molecular flexibility index (Phi) is 7.03. The van der Waals surface area contributed by atoms with Crippen LogP contribution in [0.2, 0.25) is 0 Å². The van der Waals surface area contributed by atoms with Gasteiger partial charge in [-0.15, -0.1) is 11.3 Å². The zero-order chi connectivity index (χ0) is 37.5. The fourth-order valence-corrected chi connectivity index (χ4v) is 9.39. The number of benzene rings is 8. The molecule has 12 rings (SSSR count). The minimum absolute atomic E-state index is 0.648. The van der Waals surface area contributed by atoms with Crippen molar-refractivity contribution >= 4 is 75.4 Å². The Morgan fingerprint density at radius 3 is 1.60 bits per heavy atom. The van der Waals surface area contributed by atoms with E-state index in [1.165, 1.54) is 20.2 Å². The number of hydrogen-bond donors (Lipinski definition) is 0. The van der Waals surface area contributed by atoms with E-state index in [0.717, 1.165) is 82.8 Å². The van der Waals surface area contributed by atoms with Crippen LogP contribution in [-0.4, -0.2) is 15.0 Å². The lowest BCUT2D eigenvalue weighted by Gasteiger charge is -2.10. The maximum atomic E-state index is 6.59. The second kappa shape index (κ2) is 12.6. The third kappa shape index (κ3) is 5.19. The molecule has 0 atom stereocenters. The van der Waals surface area contributed by atoms with Crippen molar-refractivity contribution in [3.05, 3.63) is 176 Å². The number of furan rings is 2. The second-order valence-corrected chi connectivity index (χ2v) is 15.4. The molecule has 0 saturated carbocycles. The summed E-state index contributed by atoms with van der Waals surface area (Å²) in [5.74, 6) is 1.95. The first-order valence-corrected chi connectivity index (χ1v) is 19.7. The van der Waals surface area contributed by atoms with Crippen LogP contribution in [0.25, 0.3) is 120 Å². The molecular weight excluding hydrogens is 719 g/mol. The van der Waals surface area contributed by atoms with Crippen molar-refractivity contribution in [1.82, 2.24) is 15.0 Å². The Bertz CT molecular complexity index is 3470. The van der Waals surface area contributed by atoms with E-state index in [4.69, 9.17) is 23.8 Å². The average molecular weight is 748 g/mol. The Morgan fingerprint density at radius 2 is 0.895 bits per heavy atom. The molecule has 6 heteroatoms. The molecule has 4 heterocycles. The van der Waals surface area contributed by atoms with Crippen LogP contribution in [0.1, 0.15) is 0 Å². The highest BCUT2D eigenvalue weighted by molar-refractivity contribution is 7.25. The third-order valence-corrected chi connectivity index (χ3v) is 12.1. The lowest BCUT2D eigenvalue weighted by Crippen LogP contribution is -1.99. The number of rotatable bonds is 5. The number of fused-ring (bicyclic) bond motifs is 9. The van der Waals surface area contributed by atoms with Crippen LogP contribution in [0.3, 0.4) is 0 Å². The van der Waals surface area contributed by atoms with E-state index >= 15 is 0 Å². The van der Waals surface area contributed by atoms with E-state index < -0.39 is 0 Å². The highest BCUT2D eigenvalue weighted by atomic mass is 32.1. The van der Waals surface area contributed by atoms with Gasteiger partial charge in [0, 0.05) is 58.4 Å². The highest BCUT2D eigenvalue weighted by Crippen LogP contribution is 2.45. The van der Waals surface area contributed by atoms with Gasteiger partial charge in [-0.25, -0.2) is 15.0 Å². The summed E-state index contributed by atoms with van der Waals surface area (Å²) in [5.41, 5.74) is 10.8. The molecule has 4 aromatic heterocycles. The Hall–Kier alpha value is -7.41. The summed E-state index contributed by atoms with van der Waals surface area (Å²) >= 11 is 1.78. The standard InChI is InChI=1S/C51H29N3O2S/c1-3-12-30(13-4-1)49-52-50(31-14-5-2-6-15-31)54-51(53-49)33-22-24-35-39-26-32(23-25-45(39)57-46(35)29-33)34-27-40(48-38-17-8-10-20-42(38)56-44(48)28-34)36-18-11-21-43-47(36)37-16-7-9-19-41(37)55-43/h1-29H. The highest BCUT2D eigenvalue weighted by Gasteiger charge is 2.20. The summed E-state index contributed by atoms with van der Waals surface area (Å²) in [5, 5.41) is 6.81. The van der Waals surface area contributed by atoms with Crippen molar-refractivity contribution in [3.63, 3.8) is 0 Å². The molecule has 0 fully saturated rings. The van der Waals surface area contributed by atoms with Crippen molar-refractivity contribution in [2.24, 2.45) is 0 Å². The van der Waals surface area contributed by atoms with E-state index in [1.54, 1.807) is 11.3 Å². The first-order valence-electron chi connectivity index (χ1n) is 18.9. The van der Waals surface area contributed by atoms with Gasteiger partial charge in [-0.1, -0.05) is 127 Å². The van der Waals surface area contributed by atoms with Crippen LogP contribution >= 0.6 is 11.3 Å². The van der Waals surface area contributed by atoms with Crippen LogP contribution in [-0.2, 0) is 0 Å². The molecule has 0 aliphatic heterocycles. The molecule has 0 saturated heterocycles. The molecule has 0 bridgehead atoms. The van der Waals surface area contributed by atoms with Crippen LogP contribution in [0, 0.1) is 0 Å². The largest absolute Gasteiger partial charge is 0.456 e. The SMILES string of the molecule is c1ccc(-c2nc(-c3ccccc3)nc(-c3ccc4c(c3)sc3ccc(-c5cc(-c6cccc7oc8ccccc8c67)c6c(c5)oc5ccccc56)cc34)n2)cc1. The average Bonchev–Trinajstić information content (AvgIpc) is 3.97. The zero-order valence-electron chi connectivity index (χ0n) is 30.3. The summed E-state index contributed by atoms with van der Waals surface area (Å²) < 4.78 is 15.3. The zero-order valence-corrected chi connectivity index (χ0v) is 31.1. The van der Waals surface area contributed by atoms with Gasteiger partial charge in [0.15, 0.2) is 17.5 Å². The molecule has 0 amide bonds. The van der Waals surface area contributed by atoms with E-state index in [0.29, 0.717) is 17.5 Å². The molecule has 5 nitrogen and oxygen atoms in total. The minimum atomic E-state index is 0.648. The fraction of sp³-hybridized carbons (Fsp3) is 0. The molecule has 12 aromatic rings. The second-order valence-electron chi connectivity index (χ2n) is 14.3. The third-order valence-electron chi connectivity index (χ3n) is 10.9. The molecular formula is C51H29N3O2S. The van der Waals surface area contributed by atoms with Gasteiger partial charge in [0.2, 0.25) is 0 Å². The lowest BCUT2D eigenvalue weighted by molar-refractivity contribution is 0.668. The topological polar surface area (TPSA) is 65.0 Å². The van der Waals surface area contributed by atoms with E-state index in [1.807, 2.05) is 84.9 Å². The first kappa shape index (κ1) is 31.9. The maximum Gasteiger partial charge on any atom is 0.164 e. The van der Waals surface area contributed by atoms with Crippen LogP contribution in [0.5, 0.6) is 0 Å². The molecule has 0 N–H and O–H groups in total. The Labute approximate surface area is 330 Å². The molecule has 0 unspecified atom stereocenters. The molecule has 0 radical (unpaired) electrons. The maximum absolute atomic E-state index is 6.59. The number of aromatic nitrogens is 3. The fourth-order valence-electron chi connectivity index (χ4n) is 8.27. The van der Waals surface area contributed by atoms with Gasteiger partial charge in [-0.3, -0.25) is 0 Å². The minimum Gasteiger partial charge on any atom is -0.456 e. The number of nitrogens with zero attached hydrogens (tertiary/aromatic N) is 3. The van der Waals surface area contributed by atoms with Gasteiger partial charge in [0.1, 0.15) is 22.3 Å². The number of thiophene rings is 1. The molecule has 0 spiro atoms. The van der Waals surface area contributed by atoms with Gasteiger partial charge in [-0.2, -0.15) is 0 Å². The summed E-state index contributed by atoms with van der Waals surface area (Å²) in [4.78, 5) is 14.9. The van der Waals surface area contributed by atoms with Crippen LogP contribution in [0.4, 0.5) is 0 Å². The lowest BCUT2D eigenvalue weighted by atomic mass is 9.92. The van der Waals surface area contributed by atoms with Gasteiger partial charge in [-0.05, 0) is 70.8 Å². The molecule has 266 valence electrons. The quantitative estimate of drug-likeness (QED) is 0.175. The van der Waals surface area contributed by atoms with Gasteiger partial charge in [0.05, 0.1) is 0 Å². The van der Waals surface area contributed by atoms with Crippen LogP contribution in [0.15, 0.2) is 185 Å². The summed E-state index contributed by atoms with van der Waals surface area (Å²) in [6.07, 6.45) is 0. The predicted octanol–water partition coefficient (Wildman–Crippen LogP) is 14.4. The van der Waals surface area contributed by atoms with Crippen molar-refractivity contribution in [3.8, 4) is 56.4 Å². The van der Waals surface area contributed by atoms with Gasteiger partial charge >= 0.3 is 0 Å². The summed E-state index contributed by atoms with van der Waals surface area (Å²) in [7, 11) is 0. The molecule has 8 aromatic carbocycles. The monoisotopic (exact) mass is 747 g/mol. The van der Waals surface area contributed by atoms with Crippen LogP contribution < -0.4 is 0 Å². The van der Waals surface area contributed by atoms with Crippen molar-refractivity contribution < 1.29 is 8.83 Å². The smallest absolute Gasteiger partial charge is 0.164 e. The first-order chi connectivity index (χ1) is 28.2. The van der Waals surface area contributed by atoms with E-state index in [9.17, 15) is 0 Å². The molecule has 0 aliphatic rings. The summed E-state index contributed by atoms with van der Waals surface area (Å²) in [6.45, 7) is 0. The van der Waals surface area contributed by atoms with Gasteiger partial charge in [0.25, 0.3) is 0 Å². The Balaban J connectivity index is 1.02.